The third-order valence-corrected chi connectivity index (χ3v) is 7.58. The molecule has 8 nitrogen and oxygen atoms in total. The van der Waals surface area contributed by atoms with Crippen molar-refractivity contribution in [3.05, 3.63) is 48.0 Å². The number of nitrogens with one attached hydrogen (secondary N) is 1. The lowest BCUT2D eigenvalue weighted by Gasteiger charge is -2.34. The minimum Gasteiger partial charge on any atom is -0.486 e. The molecule has 2 aromatic rings. The van der Waals surface area contributed by atoms with Gasteiger partial charge in [0.2, 0.25) is 15.9 Å². The van der Waals surface area contributed by atoms with E-state index in [9.17, 15) is 26.4 Å². The maximum Gasteiger partial charge on any atom is 0.417 e. The monoisotopic (exact) mass is 499 g/mol. The number of ether oxygens (including phenoxy) is 2. The van der Waals surface area contributed by atoms with E-state index < -0.39 is 26.7 Å². The second kappa shape index (κ2) is 9.80. The molecule has 4 rings (SSSR count). The van der Waals surface area contributed by atoms with Crippen LogP contribution in [0.25, 0.3) is 0 Å². The van der Waals surface area contributed by atoms with E-state index in [1.807, 2.05) is 4.90 Å². The lowest BCUT2D eigenvalue weighted by Crippen LogP contribution is -2.49. The van der Waals surface area contributed by atoms with Crippen LogP contribution < -0.4 is 14.8 Å². The van der Waals surface area contributed by atoms with Crippen LogP contribution in [0.4, 0.5) is 18.9 Å². The lowest BCUT2D eigenvalue weighted by atomic mass is 10.2. The molecule has 0 atom stereocenters. The predicted molar refractivity (Wildman–Crippen MR) is 117 cm³/mol. The number of rotatable bonds is 6. The Kier molecular flexibility index (Phi) is 7.01. The zero-order chi connectivity index (χ0) is 24.3. The van der Waals surface area contributed by atoms with Crippen molar-refractivity contribution >= 4 is 21.6 Å². The van der Waals surface area contributed by atoms with Crippen molar-refractivity contribution < 1.29 is 35.9 Å². The van der Waals surface area contributed by atoms with Crippen molar-refractivity contribution in [1.82, 2.24) is 9.21 Å². The molecular weight excluding hydrogens is 475 g/mol. The van der Waals surface area contributed by atoms with E-state index in [1.54, 1.807) is 18.2 Å². The Hall–Kier alpha value is -2.83. The minimum atomic E-state index is -4.77. The molecule has 34 heavy (non-hydrogen) atoms. The Balaban J connectivity index is 1.29. The maximum atomic E-state index is 13.3. The van der Waals surface area contributed by atoms with Gasteiger partial charge >= 0.3 is 6.18 Å². The van der Waals surface area contributed by atoms with E-state index in [1.165, 1.54) is 6.07 Å². The van der Waals surface area contributed by atoms with E-state index in [-0.39, 0.29) is 25.4 Å². The number of amides is 1. The summed E-state index contributed by atoms with van der Waals surface area (Å²) >= 11 is 0. The number of hydrogen-bond acceptors (Lipinski definition) is 6. The van der Waals surface area contributed by atoms with Gasteiger partial charge < -0.3 is 19.7 Å². The van der Waals surface area contributed by atoms with Crippen molar-refractivity contribution in [3.8, 4) is 11.5 Å². The fourth-order valence-corrected chi connectivity index (χ4v) is 5.50. The number of piperazine rings is 1. The number of sulfonamides is 1. The summed E-state index contributed by atoms with van der Waals surface area (Å²) in [6.07, 6.45) is -4.59. The second-order valence-electron chi connectivity index (χ2n) is 7.90. The number of anilines is 1. The van der Waals surface area contributed by atoms with Gasteiger partial charge in [0.25, 0.3) is 0 Å². The quantitative estimate of drug-likeness (QED) is 0.658. The van der Waals surface area contributed by atoms with Crippen LogP contribution in [-0.4, -0.2) is 69.5 Å². The highest BCUT2D eigenvalue weighted by Crippen LogP contribution is 2.35. The Morgan fingerprint density at radius 2 is 1.65 bits per heavy atom. The Morgan fingerprint density at radius 1 is 0.971 bits per heavy atom. The van der Waals surface area contributed by atoms with Gasteiger partial charge in [-0.1, -0.05) is 12.1 Å². The Bertz CT molecular complexity index is 1150. The first kappa shape index (κ1) is 24.3. The molecule has 0 radical (unpaired) electrons. The fourth-order valence-electron chi connectivity index (χ4n) is 3.86. The largest absolute Gasteiger partial charge is 0.486 e. The van der Waals surface area contributed by atoms with Crippen LogP contribution in [0.2, 0.25) is 0 Å². The average molecular weight is 500 g/mol. The topological polar surface area (TPSA) is 88.2 Å². The lowest BCUT2D eigenvalue weighted by molar-refractivity contribution is -0.140. The average Bonchev–Trinajstić information content (AvgIpc) is 2.82. The molecule has 1 saturated heterocycles. The van der Waals surface area contributed by atoms with Gasteiger partial charge in [-0.15, -0.1) is 0 Å². The predicted octanol–water partition coefficient (Wildman–Crippen LogP) is 2.81. The van der Waals surface area contributed by atoms with Gasteiger partial charge in [0.15, 0.2) is 11.5 Å². The number of carbonyl (C=O) groups excluding carboxylic acids is 1. The molecular formula is C22H24F3N3O5S. The van der Waals surface area contributed by atoms with Crippen molar-refractivity contribution in [1.29, 1.82) is 0 Å². The minimum absolute atomic E-state index is 0.0400. The van der Waals surface area contributed by atoms with Crippen LogP contribution in [-0.2, 0) is 21.0 Å². The summed E-state index contributed by atoms with van der Waals surface area (Å²) in [5, 5.41) is 2.79. The SMILES string of the molecule is O=C(CCN1CCN(S(=O)(=O)c2ccccc2C(F)(F)F)CC1)Nc1ccc2c(c1)OCCO2. The van der Waals surface area contributed by atoms with Gasteiger partial charge in [-0.05, 0) is 24.3 Å². The summed E-state index contributed by atoms with van der Waals surface area (Å²) in [6.45, 7) is 2.01. The maximum absolute atomic E-state index is 13.3. The van der Waals surface area contributed by atoms with Gasteiger partial charge in [-0.3, -0.25) is 4.79 Å². The molecule has 0 saturated carbocycles. The highest BCUT2D eigenvalue weighted by atomic mass is 32.2. The molecule has 184 valence electrons. The van der Waals surface area contributed by atoms with Crippen LogP contribution in [0, 0.1) is 0 Å². The van der Waals surface area contributed by atoms with Crippen LogP contribution >= 0.6 is 0 Å². The van der Waals surface area contributed by atoms with Gasteiger partial charge in [0.1, 0.15) is 13.2 Å². The molecule has 2 aliphatic heterocycles. The van der Waals surface area contributed by atoms with Gasteiger partial charge in [0, 0.05) is 50.9 Å². The molecule has 1 N–H and O–H groups in total. The van der Waals surface area contributed by atoms with Gasteiger partial charge in [-0.25, -0.2) is 8.42 Å². The summed E-state index contributed by atoms with van der Waals surface area (Å²) in [4.78, 5) is 13.5. The molecule has 12 heteroatoms. The molecule has 0 unspecified atom stereocenters. The standard InChI is InChI=1S/C22H24F3N3O5S/c23-22(24,25)17-3-1-2-4-20(17)34(30,31)28-11-9-27(10-12-28)8-7-21(29)26-16-5-6-18-19(15-16)33-14-13-32-18/h1-6,15H,7-14H2,(H,26,29). The van der Waals surface area contributed by atoms with Crippen molar-refractivity contribution in [2.75, 3.05) is 51.3 Å². The number of benzene rings is 2. The summed E-state index contributed by atoms with van der Waals surface area (Å²) in [7, 11) is -4.29. The summed E-state index contributed by atoms with van der Waals surface area (Å²) in [5.74, 6) is 0.967. The van der Waals surface area contributed by atoms with E-state index in [2.05, 4.69) is 5.32 Å². The van der Waals surface area contributed by atoms with Crippen LogP contribution in [0.5, 0.6) is 11.5 Å². The first-order valence-electron chi connectivity index (χ1n) is 10.7. The van der Waals surface area contributed by atoms with E-state index in [0.29, 0.717) is 50.0 Å². The van der Waals surface area contributed by atoms with Crippen LogP contribution in [0.3, 0.4) is 0 Å². The molecule has 0 spiro atoms. The zero-order valence-corrected chi connectivity index (χ0v) is 19.0. The third kappa shape index (κ3) is 5.45. The van der Waals surface area contributed by atoms with Crippen LogP contribution in [0.15, 0.2) is 47.4 Å². The smallest absolute Gasteiger partial charge is 0.417 e. The molecule has 2 aromatic carbocycles. The highest BCUT2D eigenvalue weighted by molar-refractivity contribution is 7.89. The number of alkyl halides is 3. The summed E-state index contributed by atoms with van der Waals surface area (Å²) in [6, 6.07) is 9.31. The molecule has 0 aliphatic carbocycles. The van der Waals surface area contributed by atoms with Crippen molar-refractivity contribution in [2.24, 2.45) is 0 Å². The number of fused-ring (bicyclic) bond motifs is 1. The molecule has 0 bridgehead atoms. The first-order chi connectivity index (χ1) is 16.1. The van der Waals surface area contributed by atoms with E-state index >= 15 is 0 Å². The highest BCUT2D eigenvalue weighted by Gasteiger charge is 2.39. The van der Waals surface area contributed by atoms with E-state index in [0.717, 1.165) is 22.5 Å². The zero-order valence-electron chi connectivity index (χ0n) is 18.2. The number of halogens is 3. The van der Waals surface area contributed by atoms with Crippen molar-refractivity contribution in [2.45, 2.75) is 17.5 Å². The normalized spacial score (nSPS) is 17.4. The molecule has 0 aromatic heterocycles. The number of hydrogen-bond donors (Lipinski definition) is 1. The number of nitrogens with zero attached hydrogens (tertiary/aromatic N) is 2. The molecule has 2 aliphatic rings. The Labute approximate surface area is 195 Å². The van der Waals surface area contributed by atoms with Gasteiger partial charge in [0.05, 0.1) is 10.5 Å². The van der Waals surface area contributed by atoms with Crippen molar-refractivity contribution in [3.63, 3.8) is 0 Å². The summed E-state index contributed by atoms with van der Waals surface area (Å²) < 4.78 is 77.6. The first-order valence-corrected chi connectivity index (χ1v) is 12.2. The van der Waals surface area contributed by atoms with E-state index in [4.69, 9.17) is 9.47 Å². The fraction of sp³-hybridized carbons (Fsp3) is 0.409. The van der Waals surface area contributed by atoms with Crippen LogP contribution in [0.1, 0.15) is 12.0 Å². The third-order valence-electron chi connectivity index (χ3n) is 5.62. The Morgan fingerprint density at radius 3 is 2.35 bits per heavy atom. The molecule has 1 amide bonds. The number of carbonyl (C=O) groups is 1. The summed E-state index contributed by atoms with van der Waals surface area (Å²) in [5.41, 5.74) is -0.596. The molecule has 1 fully saturated rings. The second-order valence-corrected chi connectivity index (χ2v) is 9.80. The van der Waals surface area contributed by atoms with Gasteiger partial charge in [-0.2, -0.15) is 17.5 Å². The molecule has 2 heterocycles.